The maximum Gasteiger partial charge on any atom is 0.325 e. The van der Waals surface area contributed by atoms with E-state index in [9.17, 15) is 24.0 Å². The monoisotopic (exact) mass is 520 g/mol. The maximum atomic E-state index is 12.9. The van der Waals surface area contributed by atoms with Crippen molar-refractivity contribution in [1.29, 1.82) is 0 Å². The van der Waals surface area contributed by atoms with E-state index in [0.717, 1.165) is 16.5 Å². The van der Waals surface area contributed by atoms with E-state index in [1.165, 1.54) is 18.7 Å². The van der Waals surface area contributed by atoms with Gasteiger partial charge in [0.15, 0.2) is 0 Å². The summed E-state index contributed by atoms with van der Waals surface area (Å²) >= 11 is 1.42. The number of aliphatic carboxylic acids is 1. The average Bonchev–Trinajstić information content (AvgIpc) is 3.23. The highest BCUT2D eigenvalue weighted by atomic mass is 32.2. The van der Waals surface area contributed by atoms with Crippen LogP contribution in [-0.2, 0) is 30.4 Å². The highest BCUT2D eigenvalue weighted by molar-refractivity contribution is 7.98. The van der Waals surface area contributed by atoms with Gasteiger partial charge in [-0.05, 0) is 43.4 Å². The van der Waals surface area contributed by atoms with E-state index in [1.54, 1.807) is 6.20 Å². The Morgan fingerprint density at radius 1 is 1.03 bits per heavy atom. The fourth-order valence-electron chi connectivity index (χ4n) is 3.47. The minimum atomic E-state index is -1.37. The van der Waals surface area contributed by atoms with Gasteiger partial charge in [0.2, 0.25) is 23.6 Å². The molecule has 0 aliphatic rings. The van der Waals surface area contributed by atoms with Gasteiger partial charge in [0, 0.05) is 17.1 Å². The van der Waals surface area contributed by atoms with Crippen LogP contribution in [-0.4, -0.2) is 75.9 Å². The number of aromatic nitrogens is 1. The molecule has 9 N–H and O–H groups in total. The third-order valence-corrected chi connectivity index (χ3v) is 6.11. The lowest BCUT2D eigenvalue weighted by Gasteiger charge is -2.24. The van der Waals surface area contributed by atoms with E-state index in [1.807, 2.05) is 30.5 Å². The Labute approximate surface area is 212 Å². The molecule has 12 nitrogen and oxygen atoms in total. The molecule has 2 aromatic rings. The smallest absolute Gasteiger partial charge is 0.325 e. The number of aromatic amines is 1. The second kappa shape index (κ2) is 13.5. The van der Waals surface area contributed by atoms with Gasteiger partial charge in [-0.2, -0.15) is 11.8 Å². The van der Waals surface area contributed by atoms with Gasteiger partial charge in [0.25, 0.3) is 0 Å². The van der Waals surface area contributed by atoms with Crippen molar-refractivity contribution in [3.05, 3.63) is 36.0 Å². The summed E-state index contributed by atoms with van der Waals surface area (Å²) in [6.07, 6.45) is 3.41. The van der Waals surface area contributed by atoms with Crippen LogP contribution in [0.15, 0.2) is 30.5 Å². The molecule has 0 saturated carbocycles. The number of hydrogen-bond donors (Lipinski definition) is 7. The molecule has 0 aliphatic carbocycles. The molecular formula is C23H32N6O6S. The molecule has 2 rings (SSSR count). The molecule has 1 heterocycles. The molecule has 13 heteroatoms. The first kappa shape index (κ1) is 28.7. The van der Waals surface area contributed by atoms with Crippen LogP contribution >= 0.6 is 11.8 Å². The number of amides is 4. The van der Waals surface area contributed by atoms with Gasteiger partial charge in [-0.25, -0.2) is 0 Å². The van der Waals surface area contributed by atoms with Crippen LogP contribution in [0.1, 0.15) is 25.3 Å². The largest absolute Gasteiger partial charge is 0.480 e. The third-order valence-electron chi connectivity index (χ3n) is 5.46. The van der Waals surface area contributed by atoms with E-state index < -0.39 is 60.2 Å². The molecular weight excluding hydrogens is 488 g/mol. The number of carboxylic acid groups (broad SMARTS) is 1. The standard InChI is InChI=1S/C23H32N6O6S/c1-12(23(34)35)27-21(32)17(7-8-36-2)28-22(33)18(10-19(25)30)29-20(31)15(24)9-13-11-26-16-6-4-3-5-14(13)16/h3-6,11-12,15,17-18,26H,7-10,24H2,1-2H3,(H2,25,30)(H,27,32)(H,28,33)(H,29,31)(H,34,35). The first-order chi connectivity index (χ1) is 17.0. The van der Waals surface area contributed by atoms with Crippen LogP contribution in [0.3, 0.4) is 0 Å². The van der Waals surface area contributed by atoms with Crippen molar-refractivity contribution >= 4 is 52.3 Å². The van der Waals surface area contributed by atoms with Crippen molar-refractivity contribution in [2.24, 2.45) is 11.5 Å². The Kier molecular flexibility index (Phi) is 10.7. The number of thioether (sulfide) groups is 1. The molecule has 0 saturated heterocycles. The molecule has 0 radical (unpaired) electrons. The van der Waals surface area contributed by atoms with Crippen molar-refractivity contribution in [3.8, 4) is 0 Å². The predicted octanol–water partition coefficient (Wildman–Crippen LogP) is -0.775. The van der Waals surface area contributed by atoms with Crippen molar-refractivity contribution in [2.45, 2.75) is 50.4 Å². The molecule has 0 bridgehead atoms. The van der Waals surface area contributed by atoms with Crippen LogP contribution < -0.4 is 27.4 Å². The number of primary amides is 1. The molecule has 0 spiro atoms. The zero-order chi connectivity index (χ0) is 26.8. The van der Waals surface area contributed by atoms with Gasteiger partial charge in [-0.1, -0.05) is 18.2 Å². The van der Waals surface area contributed by atoms with E-state index >= 15 is 0 Å². The van der Waals surface area contributed by atoms with Crippen LogP contribution in [0.2, 0.25) is 0 Å². The van der Waals surface area contributed by atoms with Gasteiger partial charge >= 0.3 is 5.97 Å². The molecule has 4 unspecified atom stereocenters. The highest BCUT2D eigenvalue weighted by Crippen LogP contribution is 2.18. The fraction of sp³-hybridized carbons (Fsp3) is 0.435. The Morgan fingerprint density at radius 3 is 2.31 bits per heavy atom. The topological polar surface area (TPSA) is 209 Å². The normalized spacial score (nSPS) is 14.3. The molecule has 4 amide bonds. The number of benzene rings is 1. The molecule has 1 aromatic heterocycles. The van der Waals surface area contributed by atoms with E-state index in [4.69, 9.17) is 16.6 Å². The lowest BCUT2D eigenvalue weighted by atomic mass is 10.0. The molecule has 1 aromatic carbocycles. The van der Waals surface area contributed by atoms with Gasteiger partial charge in [-0.15, -0.1) is 0 Å². The number of carbonyl (C=O) groups excluding carboxylic acids is 4. The quantitative estimate of drug-likeness (QED) is 0.168. The van der Waals surface area contributed by atoms with E-state index in [0.29, 0.717) is 5.75 Å². The van der Waals surface area contributed by atoms with Crippen molar-refractivity contribution in [1.82, 2.24) is 20.9 Å². The first-order valence-electron chi connectivity index (χ1n) is 11.2. The maximum absolute atomic E-state index is 12.9. The second-order valence-electron chi connectivity index (χ2n) is 8.31. The third kappa shape index (κ3) is 8.27. The van der Waals surface area contributed by atoms with Gasteiger partial charge < -0.3 is 37.5 Å². The molecule has 196 valence electrons. The Bertz CT molecular complexity index is 1110. The number of hydrogen-bond acceptors (Lipinski definition) is 7. The van der Waals surface area contributed by atoms with E-state index in [2.05, 4.69) is 20.9 Å². The van der Waals surface area contributed by atoms with Crippen molar-refractivity contribution < 1.29 is 29.1 Å². The number of para-hydroxylation sites is 1. The van der Waals surface area contributed by atoms with Crippen molar-refractivity contribution in [3.63, 3.8) is 0 Å². The molecule has 36 heavy (non-hydrogen) atoms. The van der Waals surface area contributed by atoms with Crippen LogP contribution in [0.25, 0.3) is 10.9 Å². The number of carbonyl (C=O) groups is 5. The Balaban J connectivity index is 2.10. The number of nitrogens with one attached hydrogen (secondary N) is 4. The number of H-pyrrole nitrogens is 1. The van der Waals surface area contributed by atoms with Crippen molar-refractivity contribution in [2.75, 3.05) is 12.0 Å². The summed E-state index contributed by atoms with van der Waals surface area (Å²) in [5.41, 5.74) is 13.0. The summed E-state index contributed by atoms with van der Waals surface area (Å²) in [5.74, 6) is -3.78. The zero-order valence-electron chi connectivity index (χ0n) is 20.1. The zero-order valence-corrected chi connectivity index (χ0v) is 20.9. The summed E-state index contributed by atoms with van der Waals surface area (Å²) < 4.78 is 0. The minimum absolute atomic E-state index is 0.173. The van der Waals surface area contributed by atoms with Crippen LogP contribution in [0.5, 0.6) is 0 Å². The highest BCUT2D eigenvalue weighted by Gasteiger charge is 2.30. The van der Waals surface area contributed by atoms with Crippen LogP contribution in [0.4, 0.5) is 0 Å². The Morgan fingerprint density at radius 2 is 1.67 bits per heavy atom. The van der Waals surface area contributed by atoms with Crippen LogP contribution in [0, 0.1) is 0 Å². The first-order valence-corrected chi connectivity index (χ1v) is 12.6. The average molecular weight is 521 g/mol. The lowest BCUT2D eigenvalue weighted by Crippen LogP contribution is -2.57. The summed E-state index contributed by atoms with van der Waals surface area (Å²) in [5, 5.41) is 17.2. The van der Waals surface area contributed by atoms with E-state index in [-0.39, 0.29) is 12.8 Å². The summed E-state index contributed by atoms with van der Waals surface area (Å²) in [7, 11) is 0. The predicted molar refractivity (Wildman–Crippen MR) is 136 cm³/mol. The Hall–Kier alpha value is -3.58. The molecule has 0 aliphatic heterocycles. The van der Waals surface area contributed by atoms with Gasteiger partial charge in [-0.3, -0.25) is 24.0 Å². The summed E-state index contributed by atoms with van der Waals surface area (Å²) in [4.78, 5) is 64.1. The number of carboxylic acids is 1. The molecule has 4 atom stereocenters. The number of fused-ring (bicyclic) bond motifs is 1. The fourth-order valence-corrected chi connectivity index (χ4v) is 3.94. The lowest BCUT2D eigenvalue weighted by molar-refractivity contribution is -0.142. The van der Waals surface area contributed by atoms with Gasteiger partial charge in [0.1, 0.15) is 18.1 Å². The summed E-state index contributed by atoms with van der Waals surface area (Å²) in [6.45, 7) is 1.29. The minimum Gasteiger partial charge on any atom is -0.480 e. The number of nitrogens with two attached hydrogens (primary N) is 2. The summed E-state index contributed by atoms with van der Waals surface area (Å²) in [6, 6.07) is 2.86. The molecule has 0 fully saturated rings. The van der Waals surface area contributed by atoms with Gasteiger partial charge in [0.05, 0.1) is 12.5 Å². The second-order valence-corrected chi connectivity index (χ2v) is 9.30. The SMILES string of the molecule is CSCCC(NC(=O)C(CC(N)=O)NC(=O)C(N)Cc1c[nH]c2ccccc12)C(=O)NC(C)C(=O)O. The number of rotatable bonds is 14.